The number of alkyl halides is 3. The van der Waals surface area contributed by atoms with Crippen LogP contribution in [0.2, 0.25) is 10.0 Å². The number of likely N-dealkylation sites (tertiary alicyclic amines) is 1. The molecular formula is C28H35Cl2F3N2O. The Morgan fingerprint density at radius 2 is 1.75 bits per heavy atom. The minimum absolute atomic E-state index is 0.236. The first-order chi connectivity index (χ1) is 16.7. The summed E-state index contributed by atoms with van der Waals surface area (Å²) in [6.07, 6.45) is -2.00. The van der Waals surface area contributed by atoms with Gasteiger partial charge in [0, 0.05) is 24.0 Å². The van der Waals surface area contributed by atoms with Crippen LogP contribution in [0.5, 0.6) is 0 Å². The van der Waals surface area contributed by atoms with E-state index in [2.05, 4.69) is 27.7 Å². The van der Waals surface area contributed by atoms with Crippen LogP contribution in [0.15, 0.2) is 36.4 Å². The van der Waals surface area contributed by atoms with Gasteiger partial charge in [-0.3, -0.25) is 4.79 Å². The van der Waals surface area contributed by atoms with Crippen LogP contribution in [0.3, 0.4) is 0 Å². The number of halogens is 5. The van der Waals surface area contributed by atoms with Crippen molar-refractivity contribution in [1.29, 1.82) is 5.26 Å². The van der Waals surface area contributed by atoms with Crippen molar-refractivity contribution in [2.24, 2.45) is 11.8 Å². The molecule has 3 nitrogen and oxygen atoms in total. The van der Waals surface area contributed by atoms with E-state index in [0.717, 1.165) is 24.6 Å². The second kappa shape index (κ2) is 14.5. The standard InChI is InChI=1S/C11H21NO.C9H8ClF3.C8H6ClN/c1-5-9(4)10-6-11(13)12(7-10)8(2)3;1-2-6-5-7(10)3-4-8(6)9(11,12)13;1-6-2-3-7(5-10)8(9)4-6/h8-10H,5-7H2,1-4H3;3-5H,2H2,1H3;2-4H,1H3. The van der Waals surface area contributed by atoms with Gasteiger partial charge in [-0.15, -0.1) is 0 Å². The Kier molecular flexibility index (Phi) is 12.8. The molecule has 0 bridgehead atoms. The summed E-state index contributed by atoms with van der Waals surface area (Å²) in [5.41, 5.74) is 1.25. The van der Waals surface area contributed by atoms with Gasteiger partial charge in [0.05, 0.1) is 16.1 Å². The van der Waals surface area contributed by atoms with Gasteiger partial charge in [0.2, 0.25) is 5.91 Å². The molecule has 1 fully saturated rings. The fourth-order valence-electron chi connectivity index (χ4n) is 3.82. The molecule has 3 rings (SSSR count). The van der Waals surface area contributed by atoms with Crippen LogP contribution in [0.4, 0.5) is 13.2 Å². The predicted molar refractivity (Wildman–Crippen MR) is 141 cm³/mol. The first-order valence-electron chi connectivity index (χ1n) is 12.1. The van der Waals surface area contributed by atoms with Gasteiger partial charge in [-0.05, 0) is 80.5 Å². The zero-order valence-corrected chi connectivity index (χ0v) is 23.2. The van der Waals surface area contributed by atoms with Crippen LogP contribution in [0, 0.1) is 30.1 Å². The van der Waals surface area contributed by atoms with Gasteiger partial charge < -0.3 is 4.90 Å². The maximum atomic E-state index is 12.3. The number of rotatable bonds is 4. The van der Waals surface area contributed by atoms with E-state index in [0.29, 0.717) is 45.8 Å². The van der Waals surface area contributed by atoms with Crippen molar-refractivity contribution >= 4 is 29.1 Å². The molecule has 0 saturated carbocycles. The summed E-state index contributed by atoms with van der Waals surface area (Å²) in [6, 6.07) is 11.4. The number of hydrogen-bond acceptors (Lipinski definition) is 2. The number of benzene rings is 2. The van der Waals surface area contributed by atoms with Crippen molar-refractivity contribution in [1.82, 2.24) is 4.90 Å². The maximum Gasteiger partial charge on any atom is 0.416 e. The molecule has 1 aliphatic heterocycles. The highest BCUT2D eigenvalue weighted by atomic mass is 35.5. The molecule has 36 heavy (non-hydrogen) atoms. The zero-order chi connectivity index (χ0) is 27.6. The van der Waals surface area contributed by atoms with Crippen molar-refractivity contribution in [3.63, 3.8) is 0 Å². The van der Waals surface area contributed by atoms with E-state index in [9.17, 15) is 18.0 Å². The quantitative estimate of drug-likeness (QED) is 0.387. The van der Waals surface area contributed by atoms with Crippen molar-refractivity contribution in [3.05, 3.63) is 68.7 Å². The molecule has 0 N–H and O–H groups in total. The number of carbonyl (C=O) groups excluding carboxylic acids is 1. The molecule has 1 heterocycles. The summed E-state index contributed by atoms with van der Waals surface area (Å²) in [4.78, 5) is 13.6. The molecule has 0 aliphatic carbocycles. The molecule has 1 saturated heterocycles. The molecule has 2 unspecified atom stereocenters. The molecule has 198 valence electrons. The Balaban J connectivity index is 0.000000273. The number of amides is 1. The average molecular weight is 544 g/mol. The van der Waals surface area contributed by atoms with E-state index in [1.165, 1.54) is 18.6 Å². The van der Waals surface area contributed by atoms with Gasteiger partial charge in [-0.25, -0.2) is 0 Å². The molecule has 8 heteroatoms. The topological polar surface area (TPSA) is 44.1 Å². The summed E-state index contributed by atoms with van der Waals surface area (Å²) in [7, 11) is 0. The Morgan fingerprint density at radius 1 is 1.11 bits per heavy atom. The van der Waals surface area contributed by atoms with Crippen LogP contribution in [-0.2, 0) is 17.4 Å². The fourth-order valence-corrected chi connectivity index (χ4v) is 4.29. The number of aryl methyl sites for hydroxylation is 2. The first-order valence-corrected chi connectivity index (χ1v) is 12.8. The van der Waals surface area contributed by atoms with Gasteiger partial charge in [-0.2, -0.15) is 18.4 Å². The maximum absolute atomic E-state index is 12.3. The van der Waals surface area contributed by atoms with Crippen molar-refractivity contribution in [3.8, 4) is 6.07 Å². The molecule has 2 atom stereocenters. The van der Waals surface area contributed by atoms with Gasteiger partial charge in [0.1, 0.15) is 6.07 Å². The second-order valence-corrected chi connectivity index (χ2v) is 10.1. The van der Waals surface area contributed by atoms with Gasteiger partial charge in [0.15, 0.2) is 0 Å². The fraction of sp³-hybridized carbons (Fsp3) is 0.500. The van der Waals surface area contributed by atoms with Gasteiger partial charge in [-0.1, -0.05) is 56.5 Å². The van der Waals surface area contributed by atoms with Crippen LogP contribution in [0.25, 0.3) is 0 Å². The average Bonchev–Trinajstić information content (AvgIpc) is 3.20. The van der Waals surface area contributed by atoms with Gasteiger partial charge >= 0.3 is 6.18 Å². The first kappa shape index (κ1) is 31.8. The summed E-state index contributed by atoms with van der Waals surface area (Å²) in [6.45, 7) is 13.2. The highest BCUT2D eigenvalue weighted by Gasteiger charge is 2.33. The minimum atomic E-state index is -4.28. The van der Waals surface area contributed by atoms with Crippen molar-refractivity contribution in [2.75, 3.05) is 6.54 Å². The Morgan fingerprint density at radius 3 is 2.19 bits per heavy atom. The molecule has 0 aromatic heterocycles. The van der Waals surface area contributed by atoms with E-state index in [4.69, 9.17) is 28.5 Å². The van der Waals surface area contributed by atoms with Gasteiger partial charge in [0.25, 0.3) is 0 Å². The normalized spacial score (nSPS) is 16.0. The predicted octanol–water partition coefficient (Wildman–Crippen LogP) is 8.73. The molecule has 0 spiro atoms. The summed E-state index contributed by atoms with van der Waals surface area (Å²) in [5.74, 6) is 1.63. The largest absolute Gasteiger partial charge is 0.416 e. The SMILES string of the molecule is CCC(C)C1CC(=O)N(C(C)C)C1.CCc1cc(Cl)ccc1C(F)(F)F.Cc1ccc(C#N)c(Cl)c1. The zero-order valence-electron chi connectivity index (χ0n) is 21.7. The van der Waals surface area contributed by atoms with E-state index < -0.39 is 11.7 Å². The number of nitrogens with zero attached hydrogens (tertiary/aromatic N) is 2. The Hall–Kier alpha value is -2.23. The lowest BCUT2D eigenvalue weighted by Gasteiger charge is -2.22. The van der Waals surface area contributed by atoms with Crippen molar-refractivity contribution < 1.29 is 18.0 Å². The lowest BCUT2D eigenvalue weighted by molar-refractivity contribution is -0.138. The van der Waals surface area contributed by atoms with E-state index in [-0.39, 0.29) is 5.56 Å². The Labute approximate surface area is 223 Å². The molecular weight excluding hydrogens is 508 g/mol. The van der Waals surface area contributed by atoms with E-state index in [1.54, 1.807) is 19.1 Å². The van der Waals surface area contributed by atoms with Crippen LogP contribution >= 0.6 is 23.2 Å². The summed E-state index contributed by atoms with van der Waals surface area (Å²) < 4.78 is 37.0. The third-order valence-electron chi connectivity index (χ3n) is 6.26. The lowest BCUT2D eigenvalue weighted by Crippen LogP contribution is -2.32. The lowest BCUT2D eigenvalue weighted by atomic mass is 9.91. The third-order valence-corrected chi connectivity index (χ3v) is 6.81. The summed E-state index contributed by atoms with van der Waals surface area (Å²) in [5, 5.41) is 9.34. The minimum Gasteiger partial charge on any atom is -0.340 e. The van der Waals surface area contributed by atoms with E-state index in [1.807, 2.05) is 24.0 Å². The third kappa shape index (κ3) is 9.67. The smallest absolute Gasteiger partial charge is 0.340 e. The number of carbonyl (C=O) groups is 1. The second-order valence-electron chi connectivity index (χ2n) is 9.24. The van der Waals surface area contributed by atoms with Crippen LogP contribution in [0.1, 0.15) is 69.7 Å². The highest BCUT2D eigenvalue weighted by Crippen LogP contribution is 2.33. The van der Waals surface area contributed by atoms with Crippen molar-refractivity contribution in [2.45, 2.75) is 73.0 Å². The molecule has 1 aliphatic rings. The number of hydrogen-bond donors (Lipinski definition) is 0. The Bertz CT molecular complexity index is 1050. The monoisotopic (exact) mass is 542 g/mol. The molecule has 0 radical (unpaired) electrons. The van der Waals surface area contributed by atoms with Crippen LogP contribution < -0.4 is 0 Å². The molecule has 1 amide bonds. The summed E-state index contributed by atoms with van der Waals surface area (Å²) >= 11 is 11.3. The molecule has 2 aromatic carbocycles. The van der Waals surface area contributed by atoms with Crippen LogP contribution in [-0.4, -0.2) is 23.4 Å². The highest BCUT2D eigenvalue weighted by molar-refractivity contribution is 6.31. The number of nitriles is 1. The van der Waals surface area contributed by atoms with E-state index >= 15 is 0 Å². The molecule has 2 aromatic rings.